The van der Waals surface area contributed by atoms with Gasteiger partial charge in [0.05, 0.1) is 19.2 Å². The van der Waals surface area contributed by atoms with Crippen molar-refractivity contribution in [2.24, 2.45) is 17.8 Å². The number of fused-ring (bicyclic) bond motifs is 1. The highest BCUT2D eigenvalue weighted by Gasteiger charge is 2.45. The molecule has 3 aromatic rings. The van der Waals surface area contributed by atoms with E-state index in [1.807, 2.05) is 80.9 Å². The predicted molar refractivity (Wildman–Crippen MR) is 215 cm³/mol. The van der Waals surface area contributed by atoms with Gasteiger partial charge in [-0.25, -0.2) is 14.3 Å². The Hall–Kier alpha value is -5.14. The fraction of sp³-hybridized carbons (Fsp3) is 0.581. The number of hydrogen-bond donors (Lipinski definition) is 1. The minimum atomic E-state index is -0.984. The maximum Gasteiger partial charge on any atom is 0.410 e. The van der Waals surface area contributed by atoms with Gasteiger partial charge in [-0.3, -0.25) is 14.4 Å². The van der Waals surface area contributed by atoms with Crippen LogP contribution in [0.1, 0.15) is 104 Å². The number of tetrazole rings is 1. The van der Waals surface area contributed by atoms with E-state index < -0.39 is 53.5 Å². The number of unbranched alkanes of at least 4 members (excludes halogenated alkanes) is 1. The molecule has 1 fully saturated rings. The third kappa shape index (κ3) is 10.8. The molecule has 3 amide bonds. The molecule has 0 radical (unpaired) electrons. The number of ketones is 1. The predicted octanol–water partition coefficient (Wildman–Crippen LogP) is 5.52. The Morgan fingerprint density at radius 2 is 1.61 bits per heavy atom. The van der Waals surface area contributed by atoms with E-state index in [0.29, 0.717) is 45.2 Å². The van der Waals surface area contributed by atoms with Gasteiger partial charge >= 0.3 is 12.1 Å². The number of rotatable bonds is 16. The van der Waals surface area contributed by atoms with Gasteiger partial charge in [-0.2, -0.15) is 0 Å². The van der Waals surface area contributed by atoms with Crippen LogP contribution in [0.15, 0.2) is 54.6 Å². The number of carbonyl (C=O) groups excluding carboxylic acids is 5. The summed E-state index contributed by atoms with van der Waals surface area (Å²) in [6, 6.07) is 16.0. The van der Waals surface area contributed by atoms with Gasteiger partial charge in [0.2, 0.25) is 11.8 Å². The van der Waals surface area contributed by atoms with Gasteiger partial charge in [0.1, 0.15) is 24.0 Å². The molecular weight excluding hydrogens is 727 g/mol. The first-order chi connectivity index (χ1) is 26.7. The largest absolute Gasteiger partial charge is 0.467 e. The molecule has 1 N–H and O–H groups in total. The molecule has 0 aliphatic carbocycles. The number of ether oxygens (including phenoxy) is 2. The van der Waals surface area contributed by atoms with Gasteiger partial charge in [0.15, 0.2) is 5.82 Å². The third-order valence-corrected chi connectivity index (χ3v) is 11.1. The van der Waals surface area contributed by atoms with Crippen molar-refractivity contribution in [1.82, 2.24) is 35.3 Å². The Labute approximate surface area is 337 Å². The Kier molecular flexibility index (Phi) is 15.5. The minimum Gasteiger partial charge on any atom is -0.467 e. The first-order valence-electron chi connectivity index (χ1n) is 19.8. The number of aromatic nitrogens is 4. The molecule has 5 rings (SSSR count). The molecule has 14 nitrogen and oxygen atoms in total. The average Bonchev–Trinajstić information content (AvgIpc) is 3.85. The first-order valence-corrected chi connectivity index (χ1v) is 19.8. The summed E-state index contributed by atoms with van der Waals surface area (Å²) in [6.07, 6.45) is 1.78. The van der Waals surface area contributed by atoms with E-state index in [0.717, 1.165) is 17.0 Å². The zero-order chi connectivity index (χ0) is 40.6. The van der Waals surface area contributed by atoms with Crippen LogP contribution in [0.5, 0.6) is 0 Å². The summed E-state index contributed by atoms with van der Waals surface area (Å²) >= 11 is 0. The molecular formula is C43H61N7O7. The number of benzene rings is 2. The number of hydrogen-bond acceptors (Lipinski definition) is 10. The molecule has 1 aromatic heterocycles. The van der Waals surface area contributed by atoms with Crippen molar-refractivity contribution in [2.75, 3.05) is 20.2 Å². The lowest BCUT2D eigenvalue weighted by molar-refractivity contribution is -0.152. The number of Topliss-reactive ketones (excluding diaryl/α,β-unsaturated/α-hetero) is 1. The molecule has 310 valence electrons. The number of aryl methyl sites for hydroxylation is 1. The molecule has 1 saturated heterocycles. The summed E-state index contributed by atoms with van der Waals surface area (Å²) in [5.74, 6) is -1.97. The molecule has 0 saturated carbocycles. The molecule has 3 heterocycles. The van der Waals surface area contributed by atoms with Crippen LogP contribution in [0.4, 0.5) is 4.79 Å². The van der Waals surface area contributed by atoms with Crippen LogP contribution in [-0.4, -0.2) is 98.1 Å². The second-order valence-corrected chi connectivity index (χ2v) is 16.2. The lowest BCUT2D eigenvalue weighted by Crippen LogP contribution is -2.55. The summed E-state index contributed by atoms with van der Waals surface area (Å²) in [6.45, 7) is 12.4. The summed E-state index contributed by atoms with van der Waals surface area (Å²) in [5.41, 5.74) is 2.88. The van der Waals surface area contributed by atoms with E-state index >= 15 is 0 Å². The summed E-state index contributed by atoms with van der Waals surface area (Å²) in [5, 5.41) is 15.3. The number of amides is 3. The van der Waals surface area contributed by atoms with E-state index in [-0.39, 0.29) is 44.4 Å². The van der Waals surface area contributed by atoms with Crippen molar-refractivity contribution in [2.45, 2.75) is 124 Å². The Morgan fingerprint density at radius 1 is 0.930 bits per heavy atom. The third-order valence-electron chi connectivity index (χ3n) is 11.1. The molecule has 2 aliphatic heterocycles. The van der Waals surface area contributed by atoms with Gasteiger partial charge in [0, 0.05) is 44.7 Å². The Balaban J connectivity index is 0.00000720. The van der Waals surface area contributed by atoms with E-state index in [2.05, 4.69) is 40.8 Å². The van der Waals surface area contributed by atoms with E-state index in [1.165, 1.54) is 17.6 Å². The molecule has 4 atom stereocenters. The lowest BCUT2D eigenvalue weighted by atomic mass is 9.88. The zero-order valence-electron chi connectivity index (χ0n) is 33.8. The summed E-state index contributed by atoms with van der Waals surface area (Å²) in [7, 11) is 1.25. The van der Waals surface area contributed by atoms with Gasteiger partial charge in [0.25, 0.3) is 0 Å². The van der Waals surface area contributed by atoms with Crippen LogP contribution in [0.3, 0.4) is 0 Å². The molecule has 57 heavy (non-hydrogen) atoms. The quantitative estimate of drug-likeness (QED) is 0.144. The van der Waals surface area contributed by atoms with Crippen molar-refractivity contribution in [3.05, 3.63) is 77.1 Å². The van der Waals surface area contributed by atoms with E-state index in [9.17, 15) is 24.0 Å². The van der Waals surface area contributed by atoms with Crippen molar-refractivity contribution >= 4 is 29.7 Å². The first kappa shape index (κ1) is 44.6. The second-order valence-electron chi connectivity index (χ2n) is 16.2. The number of nitrogens with zero attached hydrogens (tertiary/aromatic N) is 6. The van der Waals surface area contributed by atoms with Gasteiger partial charge in [-0.05, 0) is 72.1 Å². The molecule has 2 aliphatic rings. The SMILES string of the molecule is C.COC(=O)[C@@H]1CC(OC(=O)N2CCc3ccccc3C2)CN1C(=O)[C@@H](NC(=O)[C@@H](CC(=O)CCCCc1nnnn1C(C)(C)c1ccccc1)C(C)C)C(C)C. The Bertz CT molecular complexity index is 1840. The van der Waals surface area contributed by atoms with Crippen LogP contribution in [0, 0.1) is 17.8 Å². The van der Waals surface area contributed by atoms with Crippen molar-refractivity contribution in [1.29, 1.82) is 0 Å². The standard InChI is InChI=1S/C42H57N7O7.CH4/c1-27(2)34(23-32(50)19-13-14-20-36-44-45-46-49(36)42(5,6)31-17-9-8-10-18-31)38(51)43-37(28(3)4)39(52)48-26-33(24-35(48)40(53)55-7)56-41(54)47-22-21-29-15-11-12-16-30(29)25-47;/h8-12,15-18,27-28,33-35,37H,13-14,19-26H2,1-7H3,(H,43,51);1H4/t33?,34-,35-,37-;/m0./s1. The number of likely N-dealkylation sites (tertiary alicyclic amines) is 1. The molecule has 14 heteroatoms. The van der Waals surface area contributed by atoms with Gasteiger partial charge in [-0.15, -0.1) is 5.10 Å². The van der Waals surface area contributed by atoms with Crippen LogP contribution in [0.2, 0.25) is 0 Å². The monoisotopic (exact) mass is 787 g/mol. The smallest absolute Gasteiger partial charge is 0.410 e. The summed E-state index contributed by atoms with van der Waals surface area (Å²) in [4.78, 5) is 70.3. The highest BCUT2D eigenvalue weighted by atomic mass is 16.6. The Morgan fingerprint density at radius 3 is 2.28 bits per heavy atom. The topological polar surface area (TPSA) is 166 Å². The van der Waals surface area contributed by atoms with Crippen molar-refractivity contribution < 1.29 is 33.4 Å². The van der Waals surface area contributed by atoms with Crippen molar-refractivity contribution in [3.8, 4) is 0 Å². The van der Waals surface area contributed by atoms with Crippen molar-refractivity contribution in [3.63, 3.8) is 0 Å². The molecule has 0 bridgehead atoms. The highest BCUT2D eigenvalue weighted by molar-refractivity contribution is 5.93. The molecule has 1 unspecified atom stereocenters. The van der Waals surface area contributed by atoms with Crippen LogP contribution in [0.25, 0.3) is 0 Å². The zero-order valence-corrected chi connectivity index (χ0v) is 33.8. The fourth-order valence-electron chi connectivity index (χ4n) is 7.66. The number of methoxy groups -OCH3 is 1. The van der Waals surface area contributed by atoms with Crippen LogP contribution in [-0.2, 0) is 53.6 Å². The maximum absolute atomic E-state index is 14.1. The van der Waals surface area contributed by atoms with Crippen LogP contribution < -0.4 is 5.32 Å². The normalized spacial score (nSPS) is 17.7. The van der Waals surface area contributed by atoms with Gasteiger partial charge < -0.3 is 24.6 Å². The summed E-state index contributed by atoms with van der Waals surface area (Å²) < 4.78 is 12.7. The number of esters is 1. The van der Waals surface area contributed by atoms with Gasteiger partial charge in [-0.1, -0.05) is 89.7 Å². The minimum absolute atomic E-state index is 0. The number of nitrogens with one attached hydrogen (secondary N) is 1. The fourth-order valence-corrected chi connectivity index (χ4v) is 7.66. The van der Waals surface area contributed by atoms with E-state index in [4.69, 9.17) is 9.47 Å². The molecule has 0 spiro atoms. The molecule has 2 aromatic carbocycles. The van der Waals surface area contributed by atoms with E-state index in [1.54, 1.807) is 4.90 Å². The highest BCUT2D eigenvalue weighted by Crippen LogP contribution is 2.28. The lowest BCUT2D eigenvalue weighted by Gasteiger charge is -2.31. The average molecular weight is 788 g/mol. The maximum atomic E-state index is 14.1. The second kappa shape index (κ2) is 19.8. The number of carbonyl (C=O) groups is 5. The van der Waals surface area contributed by atoms with Crippen LogP contribution >= 0.6 is 0 Å².